The van der Waals surface area contributed by atoms with Crippen molar-refractivity contribution in [3.8, 4) is 11.5 Å². The van der Waals surface area contributed by atoms with Gasteiger partial charge in [0, 0.05) is 19.6 Å². The molecule has 1 heterocycles. The van der Waals surface area contributed by atoms with E-state index < -0.39 is 0 Å². The molecule has 1 fully saturated rings. The Labute approximate surface area is 154 Å². The van der Waals surface area contributed by atoms with Gasteiger partial charge in [0.2, 0.25) is 0 Å². The molecule has 0 saturated carbocycles. The molecule has 0 amide bonds. The first-order valence-corrected chi connectivity index (χ1v) is 9.00. The number of methoxy groups -OCH3 is 1. The average molecular weight is 355 g/mol. The minimum Gasteiger partial charge on any atom is -0.493 e. The van der Waals surface area contributed by atoms with Gasteiger partial charge >= 0.3 is 5.97 Å². The summed E-state index contributed by atoms with van der Waals surface area (Å²) in [5.41, 5.74) is 0.596. The third-order valence-corrected chi connectivity index (χ3v) is 4.45. The van der Waals surface area contributed by atoms with Crippen LogP contribution in [0.15, 0.2) is 54.6 Å². The largest absolute Gasteiger partial charge is 0.493 e. The number of rotatable bonds is 8. The molecule has 5 heteroatoms. The molecule has 5 nitrogen and oxygen atoms in total. The number of benzene rings is 2. The molecule has 3 rings (SSSR count). The zero-order valence-electron chi connectivity index (χ0n) is 15.1. The fourth-order valence-corrected chi connectivity index (χ4v) is 3.10. The van der Waals surface area contributed by atoms with Crippen LogP contribution in [0.3, 0.4) is 0 Å². The Balaban J connectivity index is 1.36. The standard InChI is InChI=1S/C21H25NO4/c1-24-19-10-5-6-11-20(19)26-18-12-14-22(16-18)13-7-15-25-21(23)17-8-3-2-4-9-17/h2-6,8-11,18H,7,12-16H2,1H3. The van der Waals surface area contributed by atoms with E-state index in [1.54, 1.807) is 19.2 Å². The van der Waals surface area contributed by atoms with E-state index >= 15 is 0 Å². The van der Waals surface area contributed by atoms with Crippen molar-refractivity contribution in [2.24, 2.45) is 0 Å². The molecular weight excluding hydrogens is 330 g/mol. The molecule has 0 aromatic heterocycles. The van der Waals surface area contributed by atoms with Crippen molar-refractivity contribution >= 4 is 5.97 Å². The molecule has 0 bridgehead atoms. The number of carbonyl (C=O) groups is 1. The second-order valence-electron chi connectivity index (χ2n) is 6.34. The lowest BCUT2D eigenvalue weighted by Crippen LogP contribution is -2.26. The second-order valence-corrected chi connectivity index (χ2v) is 6.34. The van der Waals surface area contributed by atoms with Crippen LogP contribution in [0.4, 0.5) is 0 Å². The number of nitrogens with zero attached hydrogens (tertiary/aromatic N) is 1. The van der Waals surface area contributed by atoms with Gasteiger partial charge in [-0.3, -0.25) is 4.90 Å². The van der Waals surface area contributed by atoms with Gasteiger partial charge in [-0.1, -0.05) is 30.3 Å². The van der Waals surface area contributed by atoms with Crippen molar-refractivity contribution in [3.05, 3.63) is 60.2 Å². The summed E-state index contributed by atoms with van der Waals surface area (Å²) in [6, 6.07) is 16.8. The van der Waals surface area contributed by atoms with E-state index in [2.05, 4.69) is 4.90 Å². The first kappa shape index (κ1) is 18.3. The molecule has 2 aromatic rings. The third-order valence-electron chi connectivity index (χ3n) is 4.45. The summed E-state index contributed by atoms with van der Waals surface area (Å²) in [7, 11) is 1.65. The highest BCUT2D eigenvalue weighted by atomic mass is 16.5. The van der Waals surface area contributed by atoms with Crippen molar-refractivity contribution < 1.29 is 19.0 Å². The van der Waals surface area contributed by atoms with E-state index in [1.165, 1.54) is 0 Å². The molecule has 0 radical (unpaired) electrons. The van der Waals surface area contributed by atoms with Gasteiger partial charge in [0.05, 0.1) is 19.3 Å². The van der Waals surface area contributed by atoms with E-state index in [0.717, 1.165) is 44.0 Å². The highest BCUT2D eigenvalue weighted by molar-refractivity contribution is 5.89. The number of likely N-dealkylation sites (tertiary alicyclic amines) is 1. The Morgan fingerprint density at radius 2 is 1.81 bits per heavy atom. The molecule has 0 spiro atoms. The van der Waals surface area contributed by atoms with E-state index in [0.29, 0.717) is 12.2 Å². The summed E-state index contributed by atoms with van der Waals surface area (Å²) in [5.74, 6) is 1.29. The SMILES string of the molecule is COc1ccccc1OC1CCN(CCCOC(=O)c2ccccc2)C1. The number of hydrogen-bond donors (Lipinski definition) is 0. The Morgan fingerprint density at radius 3 is 2.58 bits per heavy atom. The van der Waals surface area contributed by atoms with Crippen molar-refractivity contribution in [1.29, 1.82) is 0 Å². The fourth-order valence-electron chi connectivity index (χ4n) is 3.10. The molecule has 0 N–H and O–H groups in total. The first-order valence-electron chi connectivity index (χ1n) is 9.00. The molecule has 138 valence electrons. The number of para-hydroxylation sites is 2. The highest BCUT2D eigenvalue weighted by Gasteiger charge is 2.24. The van der Waals surface area contributed by atoms with Crippen LogP contribution in [0.5, 0.6) is 11.5 Å². The summed E-state index contributed by atoms with van der Waals surface area (Å²) in [6.07, 6.45) is 1.97. The summed E-state index contributed by atoms with van der Waals surface area (Å²) < 4.78 is 16.7. The maximum atomic E-state index is 11.9. The second kappa shape index (κ2) is 9.25. The number of carbonyl (C=O) groups excluding carboxylic acids is 1. The molecule has 1 saturated heterocycles. The van der Waals surface area contributed by atoms with Crippen LogP contribution in [0.25, 0.3) is 0 Å². The average Bonchev–Trinajstić information content (AvgIpc) is 3.13. The predicted molar refractivity (Wildman–Crippen MR) is 99.8 cm³/mol. The molecule has 1 unspecified atom stereocenters. The van der Waals surface area contributed by atoms with Crippen molar-refractivity contribution in [3.63, 3.8) is 0 Å². The van der Waals surface area contributed by atoms with Gasteiger partial charge in [-0.2, -0.15) is 0 Å². The van der Waals surface area contributed by atoms with Gasteiger partial charge < -0.3 is 14.2 Å². The zero-order valence-corrected chi connectivity index (χ0v) is 15.1. The third kappa shape index (κ3) is 4.99. The fraction of sp³-hybridized carbons (Fsp3) is 0.381. The summed E-state index contributed by atoms with van der Waals surface area (Å²) >= 11 is 0. The Bertz CT molecular complexity index is 704. The van der Waals surface area contributed by atoms with Gasteiger partial charge in [0.25, 0.3) is 0 Å². The van der Waals surface area contributed by atoms with E-state index in [1.807, 2.05) is 42.5 Å². The molecular formula is C21H25NO4. The number of hydrogen-bond acceptors (Lipinski definition) is 5. The minimum atomic E-state index is -0.260. The van der Waals surface area contributed by atoms with E-state index in [9.17, 15) is 4.79 Å². The van der Waals surface area contributed by atoms with Gasteiger partial charge in [-0.05, 0) is 37.1 Å². The maximum absolute atomic E-state index is 11.9. The van der Waals surface area contributed by atoms with Crippen LogP contribution in [-0.4, -0.2) is 50.3 Å². The quantitative estimate of drug-likeness (QED) is 0.537. The molecule has 1 atom stereocenters. The molecule has 0 aliphatic carbocycles. The Kier molecular flexibility index (Phi) is 6.50. The smallest absolute Gasteiger partial charge is 0.338 e. The van der Waals surface area contributed by atoms with Crippen LogP contribution in [0.1, 0.15) is 23.2 Å². The predicted octanol–water partition coefficient (Wildman–Crippen LogP) is 3.40. The molecule has 2 aromatic carbocycles. The van der Waals surface area contributed by atoms with Gasteiger partial charge in [-0.25, -0.2) is 4.79 Å². The molecule has 1 aliphatic rings. The minimum absolute atomic E-state index is 0.165. The molecule has 26 heavy (non-hydrogen) atoms. The lowest BCUT2D eigenvalue weighted by atomic mass is 10.2. The summed E-state index contributed by atoms with van der Waals surface area (Å²) in [5, 5.41) is 0. The van der Waals surface area contributed by atoms with Crippen LogP contribution in [0, 0.1) is 0 Å². The number of esters is 1. The van der Waals surface area contributed by atoms with Crippen LogP contribution >= 0.6 is 0 Å². The van der Waals surface area contributed by atoms with Crippen LogP contribution < -0.4 is 9.47 Å². The number of ether oxygens (including phenoxy) is 3. The van der Waals surface area contributed by atoms with Crippen LogP contribution in [0.2, 0.25) is 0 Å². The van der Waals surface area contributed by atoms with Crippen LogP contribution in [-0.2, 0) is 4.74 Å². The topological polar surface area (TPSA) is 48.0 Å². The lowest BCUT2D eigenvalue weighted by molar-refractivity contribution is 0.0489. The highest BCUT2D eigenvalue weighted by Crippen LogP contribution is 2.28. The first-order chi connectivity index (χ1) is 12.8. The van der Waals surface area contributed by atoms with E-state index in [4.69, 9.17) is 14.2 Å². The molecule has 1 aliphatic heterocycles. The maximum Gasteiger partial charge on any atom is 0.338 e. The van der Waals surface area contributed by atoms with Crippen molar-refractivity contribution in [1.82, 2.24) is 4.90 Å². The summed E-state index contributed by atoms with van der Waals surface area (Å²) in [6.45, 7) is 3.20. The normalized spacial score (nSPS) is 17.0. The van der Waals surface area contributed by atoms with Crippen molar-refractivity contribution in [2.45, 2.75) is 18.9 Å². The van der Waals surface area contributed by atoms with Crippen molar-refractivity contribution in [2.75, 3.05) is 33.4 Å². The van der Waals surface area contributed by atoms with E-state index in [-0.39, 0.29) is 12.1 Å². The monoisotopic (exact) mass is 355 g/mol. The zero-order chi connectivity index (χ0) is 18.2. The Hall–Kier alpha value is -2.53. The van der Waals surface area contributed by atoms with Gasteiger partial charge in [0.15, 0.2) is 11.5 Å². The van der Waals surface area contributed by atoms with Gasteiger partial charge in [-0.15, -0.1) is 0 Å². The Morgan fingerprint density at radius 1 is 1.08 bits per heavy atom. The lowest BCUT2D eigenvalue weighted by Gasteiger charge is -2.18. The summed E-state index contributed by atoms with van der Waals surface area (Å²) in [4.78, 5) is 14.2. The van der Waals surface area contributed by atoms with Gasteiger partial charge in [0.1, 0.15) is 6.10 Å².